The fourth-order valence-corrected chi connectivity index (χ4v) is 2.78. The lowest BCUT2D eigenvalue weighted by Gasteiger charge is -2.22. The second-order valence-corrected chi connectivity index (χ2v) is 5.74. The molecule has 0 spiro atoms. The largest absolute Gasteiger partial charge is 0.384 e. The molecule has 1 unspecified atom stereocenters. The maximum Gasteiger partial charge on any atom is 0.129 e. The predicted octanol–water partition coefficient (Wildman–Crippen LogP) is 2.63. The van der Waals surface area contributed by atoms with E-state index in [2.05, 4.69) is 23.7 Å². The fraction of sp³-hybridized carbons (Fsp3) is 0.600. The molecule has 0 amide bonds. The molecule has 0 saturated carbocycles. The predicted molar refractivity (Wildman–Crippen MR) is 79.6 cm³/mol. The lowest BCUT2D eigenvalue weighted by molar-refractivity contribution is 0.351. The molecule has 104 valence electrons. The Bertz CT molecular complexity index is 442. The number of nitrogen functional groups attached to an aromatic ring is 1. The molecule has 1 aliphatic rings. The minimum absolute atomic E-state index is 0.110. The van der Waals surface area contributed by atoms with Crippen LogP contribution in [0.3, 0.4) is 0 Å². The molecule has 0 aromatic carbocycles. The van der Waals surface area contributed by atoms with Crippen molar-refractivity contribution in [3.8, 4) is 0 Å². The van der Waals surface area contributed by atoms with Crippen molar-refractivity contribution in [2.24, 2.45) is 17.6 Å². The third-order valence-electron chi connectivity index (χ3n) is 4.10. The summed E-state index contributed by atoms with van der Waals surface area (Å²) < 4.78 is 0. The maximum atomic E-state index is 7.51. The fourth-order valence-electron chi connectivity index (χ4n) is 2.78. The quantitative estimate of drug-likeness (QED) is 0.648. The highest BCUT2D eigenvalue weighted by Crippen LogP contribution is 2.26. The van der Waals surface area contributed by atoms with Gasteiger partial charge in [0.1, 0.15) is 11.7 Å². The molecule has 1 atom stereocenters. The summed E-state index contributed by atoms with van der Waals surface area (Å²) in [4.78, 5) is 6.76. The summed E-state index contributed by atoms with van der Waals surface area (Å²) in [6.07, 6.45) is 5.50. The molecule has 0 aliphatic carbocycles. The van der Waals surface area contributed by atoms with Crippen molar-refractivity contribution in [2.75, 3.05) is 18.0 Å². The van der Waals surface area contributed by atoms with Crippen LogP contribution in [0.25, 0.3) is 0 Å². The van der Waals surface area contributed by atoms with Gasteiger partial charge >= 0.3 is 0 Å². The Morgan fingerprint density at radius 1 is 1.42 bits per heavy atom. The number of nitrogens with two attached hydrogens (primary N) is 1. The third kappa shape index (κ3) is 3.46. The molecule has 4 nitrogen and oxygen atoms in total. The van der Waals surface area contributed by atoms with Gasteiger partial charge in [0.15, 0.2) is 0 Å². The van der Waals surface area contributed by atoms with E-state index in [4.69, 9.17) is 11.1 Å². The summed E-state index contributed by atoms with van der Waals surface area (Å²) in [5, 5.41) is 7.51. The summed E-state index contributed by atoms with van der Waals surface area (Å²) in [5.41, 5.74) is 6.30. The van der Waals surface area contributed by atoms with Gasteiger partial charge in [-0.15, -0.1) is 0 Å². The molecule has 4 heteroatoms. The SMILES string of the molecule is CC(C)C1CCCN(c2cc(C(=N)N)ccn2)CC1. The van der Waals surface area contributed by atoms with Gasteiger partial charge in [-0.2, -0.15) is 0 Å². The highest BCUT2D eigenvalue weighted by molar-refractivity contribution is 5.95. The van der Waals surface area contributed by atoms with Crippen molar-refractivity contribution >= 4 is 11.7 Å². The maximum absolute atomic E-state index is 7.51. The van der Waals surface area contributed by atoms with Crippen LogP contribution in [-0.2, 0) is 0 Å². The molecular weight excluding hydrogens is 236 g/mol. The number of hydrogen-bond donors (Lipinski definition) is 2. The second-order valence-electron chi connectivity index (χ2n) is 5.74. The molecule has 2 heterocycles. The van der Waals surface area contributed by atoms with E-state index in [1.165, 1.54) is 19.3 Å². The summed E-state index contributed by atoms with van der Waals surface area (Å²) in [7, 11) is 0. The van der Waals surface area contributed by atoms with E-state index in [1.807, 2.05) is 6.07 Å². The highest BCUT2D eigenvalue weighted by atomic mass is 15.2. The zero-order valence-corrected chi connectivity index (χ0v) is 11.9. The molecule has 1 aromatic rings. The van der Waals surface area contributed by atoms with E-state index >= 15 is 0 Å². The highest BCUT2D eigenvalue weighted by Gasteiger charge is 2.20. The Kier molecular flexibility index (Phi) is 4.40. The number of nitrogens with zero attached hydrogens (tertiary/aromatic N) is 2. The Labute approximate surface area is 115 Å². The molecule has 19 heavy (non-hydrogen) atoms. The average molecular weight is 260 g/mol. The topological polar surface area (TPSA) is 66.0 Å². The van der Waals surface area contributed by atoms with Gasteiger partial charge in [-0.3, -0.25) is 5.41 Å². The number of hydrogen-bond acceptors (Lipinski definition) is 3. The molecule has 1 aromatic heterocycles. The first-order valence-electron chi connectivity index (χ1n) is 7.13. The van der Waals surface area contributed by atoms with Crippen LogP contribution in [0.15, 0.2) is 18.3 Å². The van der Waals surface area contributed by atoms with Crippen molar-refractivity contribution < 1.29 is 0 Å². The van der Waals surface area contributed by atoms with E-state index < -0.39 is 0 Å². The monoisotopic (exact) mass is 260 g/mol. The first-order chi connectivity index (χ1) is 9.08. The van der Waals surface area contributed by atoms with Crippen LogP contribution in [0.5, 0.6) is 0 Å². The van der Waals surface area contributed by atoms with Crippen LogP contribution in [0.1, 0.15) is 38.7 Å². The molecule has 0 radical (unpaired) electrons. The van der Waals surface area contributed by atoms with Crippen LogP contribution in [0, 0.1) is 17.2 Å². The molecule has 1 saturated heterocycles. The summed E-state index contributed by atoms with van der Waals surface area (Å²) in [6.45, 7) is 6.73. The van der Waals surface area contributed by atoms with E-state index in [0.717, 1.165) is 36.3 Å². The summed E-state index contributed by atoms with van der Waals surface area (Å²) in [5.74, 6) is 2.65. The number of rotatable bonds is 3. The van der Waals surface area contributed by atoms with Crippen LogP contribution >= 0.6 is 0 Å². The van der Waals surface area contributed by atoms with Gasteiger partial charge in [0.25, 0.3) is 0 Å². The van der Waals surface area contributed by atoms with E-state index in [1.54, 1.807) is 12.3 Å². The average Bonchev–Trinajstić information content (AvgIpc) is 2.64. The van der Waals surface area contributed by atoms with Crippen molar-refractivity contribution in [2.45, 2.75) is 33.1 Å². The summed E-state index contributed by atoms with van der Waals surface area (Å²) >= 11 is 0. The minimum atomic E-state index is 0.110. The Balaban J connectivity index is 2.09. The Morgan fingerprint density at radius 3 is 2.89 bits per heavy atom. The summed E-state index contributed by atoms with van der Waals surface area (Å²) in [6, 6.07) is 3.72. The third-order valence-corrected chi connectivity index (χ3v) is 4.10. The molecule has 1 fully saturated rings. The van der Waals surface area contributed by atoms with Crippen molar-refractivity contribution in [1.29, 1.82) is 5.41 Å². The van der Waals surface area contributed by atoms with Gasteiger partial charge in [-0.05, 0) is 43.2 Å². The van der Waals surface area contributed by atoms with Crippen LogP contribution < -0.4 is 10.6 Å². The van der Waals surface area contributed by atoms with Crippen LogP contribution in [0.2, 0.25) is 0 Å². The number of nitrogens with one attached hydrogen (secondary N) is 1. The molecular formula is C15H24N4. The first-order valence-corrected chi connectivity index (χ1v) is 7.13. The van der Waals surface area contributed by atoms with Crippen LogP contribution in [-0.4, -0.2) is 23.9 Å². The number of anilines is 1. The van der Waals surface area contributed by atoms with Crippen LogP contribution in [0.4, 0.5) is 5.82 Å². The second kappa shape index (κ2) is 6.04. The van der Waals surface area contributed by atoms with Gasteiger partial charge in [0.05, 0.1) is 0 Å². The molecule has 2 rings (SSSR count). The van der Waals surface area contributed by atoms with Crippen molar-refractivity contribution in [3.05, 3.63) is 23.9 Å². The van der Waals surface area contributed by atoms with Crippen molar-refractivity contribution in [3.63, 3.8) is 0 Å². The smallest absolute Gasteiger partial charge is 0.129 e. The number of aromatic nitrogens is 1. The van der Waals surface area contributed by atoms with Gasteiger partial charge < -0.3 is 10.6 Å². The van der Waals surface area contributed by atoms with E-state index in [-0.39, 0.29) is 5.84 Å². The van der Waals surface area contributed by atoms with Crippen molar-refractivity contribution in [1.82, 2.24) is 4.98 Å². The van der Waals surface area contributed by atoms with Gasteiger partial charge in [-0.25, -0.2) is 4.98 Å². The Morgan fingerprint density at radius 2 is 2.21 bits per heavy atom. The number of amidine groups is 1. The normalized spacial score (nSPS) is 20.4. The first kappa shape index (κ1) is 13.8. The van der Waals surface area contributed by atoms with E-state index in [0.29, 0.717) is 0 Å². The Hall–Kier alpha value is -1.58. The molecule has 0 bridgehead atoms. The molecule has 3 N–H and O–H groups in total. The van der Waals surface area contributed by atoms with Gasteiger partial charge in [-0.1, -0.05) is 13.8 Å². The zero-order valence-electron chi connectivity index (χ0n) is 11.9. The van der Waals surface area contributed by atoms with Gasteiger partial charge in [0.2, 0.25) is 0 Å². The number of pyridine rings is 1. The lowest BCUT2D eigenvalue weighted by atomic mass is 9.89. The zero-order chi connectivity index (χ0) is 13.8. The standard InChI is InChI=1S/C15H24N4/c1-11(2)12-4-3-8-19(9-6-12)14-10-13(15(16)17)5-7-18-14/h5,7,10-12H,3-4,6,8-9H2,1-2H3,(H3,16,17). The lowest BCUT2D eigenvalue weighted by Crippen LogP contribution is -2.26. The molecule has 1 aliphatic heterocycles. The van der Waals surface area contributed by atoms with E-state index in [9.17, 15) is 0 Å². The minimum Gasteiger partial charge on any atom is -0.384 e. The van der Waals surface area contributed by atoms with Gasteiger partial charge in [0, 0.05) is 24.8 Å².